The van der Waals surface area contributed by atoms with Crippen molar-refractivity contribution < 1.29 is 9.90 Å². The molecule has 2 N–H and O–H groups in total. The van der Waals surface area contributed by atoms with Gasteiger partial charge in [-0.15, -0.1) is 0 Å². The molecule has 0 spiro atoms. The number of anilines is 2. The topological polar surface area (TPSA) is 65.5 Å². The molecule has 1 fully saturated rings. The van der Waals surface area contributed by atoms with Crippen LogP contribution in [0.1, 0.15) is 49.0 Å². The van der Waals surface area contributed by atoms with E-state index in [-0.39, 0.29) is 11.9 Å². The SMILES string of the molecule is CCc1ccccc1NC(=O)c1cc(N2CCCC[C@H]2C(C)O)nc2ccccc12. The molecule has 3 aromatic rings. The molecule has 1 aromatic heterocycles. The Bertz CT molecular complexity index is 1050. The number of hydrogen-bond acceptors (Lipinski definition) is 4. The lowest BCUT2D eigenvalue weighted by molar-refractivity contribution is 0.102. The number of para-hydroxylation sites is 2. The normalized spacial score (nSPS) is 17.7. The molecule has 0 bridgehead atoms. The molecular formula is C25H29N3O2. The van der Waals surface area contributed by atoms with E-state index in [9.17, 15) is 9.90 Å². The Balaban J connectivity index is 1.76. The summed E-state index contributed by atoms with van der Waals surface area (Å²) >= 11 is 0. The highest BCUT2D eigenvalue weighted by atomic mass is 16.3. The second-order valence-electron chi connectivity index (χ2n) is 8.01. The Morgan fingerprint density at radius 3 is 2.77 bits per heavy atom. The maximum atomic E-state index is 13.3. The summed E-state index contributed by atoms with van der Waals surface area (Å²) in [4.78, 5) is 20.4. The first kappa shape index (κ1) is 20.4. The standard InChI is InChI=1S/C25H29N3O2/c1-3-18-10-4-6-12-21(18)27-25(30)20-16-24(26-22-13-7-5-11-19(20)22)28-15-9-8-14-23(28)17(2)29/h4-7,10-13,16-17,23,29H,3,8-9,14-15H2,1-2H3,(H,27,30)/t17?,23-/m0/s1. The second kappa shape index (κ2) is 8.84. The van der Waals surface area contributed by atoms with E-state index in [0.29, 0.717) is 5.56 Å². The molecule has 156 valence electrons. The van der Waals surface area contributed by atoms with Crippen LogP contribution in [0.2, 0.25) is 0 Å². The summed E-state index contributed by atoms with van der Waals surface area (Å²) in [6.45, 7) is 4.75. The summed E-state index contributed by atoms with van der Waals surface area (Å²) in [7, 11) is 0. The van der Waals surface area contributed by atoms with Gasteiger partial charge in [-0.3, -0.25) is 4.79 Å². The minimum absolute atomic E-state index is 0.0177. The first-order chi connectivity index (χ1) is 14.6. The molecule has 5 nitrogen and oxygen atoms in total. The predicted molar refractivity (Wildman–Crippen MR) is 122 cm³/mol. The van der Waals surface area contributed by atoms with Crippen LogP contribution in [0.15, 0.2) is 54.6 Å². The average Bonchev–Trinajstić information content (AvgIpc) is 2.78. The van der Waals surface area contributed by atoms with Crippen molar-refractivity contribution in [2.45, 2.75) is 51.7 Å². The number of aliphatic hydroxyl groups excluding tert-OH is 1. The third-order valence-electron chi connectivity index (χ3n) is 5.99. The van der Waals surface area contributed by atoms with Crippen molar-refractivity contribution in [2.75, 3.05) is 16.8 Å². The molecule has 5 heteroatoms. The first-order valence-electron chi connectivity index (χ1n) is 10.8. The molecule has 2 aromatic carbocycles. The zero-order valence-electron chi connectivity index (χ0n) is 17.6. The number of benzene rings is 2. The highest BCUT2D eigenvalue weighted by Crippen LogP contribution is 2.30. The minimum Gasteiger partial charge on any atom is -0.391 e. The Morgan fingerprint density at radius 2 is 1.97 bits per heavy atom. The Hall–Kier alpha value is -2.92. The van der Waals surface area contributed by atoms with Crippen molar-refractivity contribution >= 4 is 28.3 Å². The van der Waals surface area contributed by atoms with Crippen LogP contribution in [0.4, 0.5) is 11.5 Å². The number of aliphatic hydroxyl groups is 1. The largest absolute Gasteiger partial charge is 0.391 e. The van der Waals surface area contributed by atoms with E-state index in [4.69, 9.17) is 4.98 Å². The summed E-state index contributed by atoms with van der Waals surface area (Å²) in [5.74, 6) is 0.620. The lowest BCUT2D eigenvalue weighted by atomic mass is 9.97. The van der Waals surface area contributed by atoms with Gasteiger partial charge in [0.2, 0.25) is 0 Å². The van der Waals surface area contributed by atoms with Gasteiger partial charge in [-0.05, 0) is 56.4 Å². The molecule has 1 aliphatic rings. The van der Waals surface area contributed by atoms with Crippen molar-refractivity contribution in [3.05, 3.63) is 65.7 Å². The first-order valence-corrected chi connectivity index (χ1v) is 10.8. The van der Waals surface area contributed by atoms with Gasteiger partial charge in [0.15, 0.2) is 0 Å². The number of piperidine rings is 1. The van der Waals surface area contributed by atoms with Crippen LogP contribution >= 0.6 is 0 Å². The number of aryl methyl sites for hydroxylation is 1. The van der Waals surface area contributed by atoms with Crippen molar-refractivity contribution in [1.29, 1.82) is 0 Å². The van der Waals surface area contributed by atoms with Gasteiger partial charge in [0.1, 0.15) is 5.82 Å². The van der Waals surface area contributed by atoms with Gasteiger partial charge < -0.3 is 15.3 Å². The lowest BCUT2D eigenvalue weighted by Crippen LogP contribution is -2.46. The highest BCUT2D eigenvalue weighted by molar-refractivity contribution is 6.13. The molecule has 1 saturated heterocycles. The maximum absolute atomic E-state index is 13.3. The van der Waals surface area contributed by atoms with E-state index in [0.717, 1.165) is 60.2 Å². The summed E-state index contributed by atoms with van der Waals surface area (Å²) in [6, 6.07) is 17.5. The molecule has 30 heavy (non-hydrogen) atoms. The lowest BCUT2D eigenvalue weighted by Gasteiger charge is -2.38. The number of rotatable bonds is 5. The zero-order valence-corrected chi connectivity index (χ0v) is 17.6. The maximum Gasteiger partial charge on any atom is 0.256 e. The number of carbonyl (C=O) groups excluding carboxylic acids is 1. The molecule has 2 atom stereocenters. The number of hydrogen-bond donors (Lipinski definition) is 2. The van der Waals surface area contributed by atoms with Crippen LogP contribution in [0.3, 0.4) is 0 Å². The number of pyridine rings is 1. The number of aromatic nitrogens is 1. The third kappa shape index (κ3) is 4.03. The van der Waals surface area contributed by atoms with E-state index in [1.807, 2.05) is 61.5 Å². The smallest absolute Gasteiger partial charge is 0.256 e. The van der Waals surface area contributed by atoms with Gasteiger partial charge in [-0.25, -0.2) is 4.98 Å². The summed E-state index contributed by atoms with van der Waals surface area (Å²) in [5.41, 5.74) is 3.34. The Labute approximate surface area is 177 Å². The highest BCUT2D eigenvalue weighted by Gasteiger charge is 2.28. The quantitative estimate of drug-likeness (QED) is 0.643. The number of amides is 1. The molecule has 0 aliphatic carbocycles. The average molecular weight is 404 g/mol. The van der Waals surface area contributed by atoms with Gasteiger partial charge in [0, 0.05) is 17.6 Å². The van der Waals surface area contributed by atoms with Gasteiger partial charge >= 0.3 is 0 Å². The number of carbonyl (C=O) groups is 1. The van der Waals surface area contributed by atoms with Gasteiger partial charge in [0.25, 0.3) is 5.91 Å². The Kier molecular flexibility index (Phi) is 6.00. The summed E-state index contributed by atoms with van der Waals surface area (Å²) in [6.07, 6.45) is 3.48. The number of fused-ring (bicyclic) bond motifs is 1. The van der Waals surface area contributed by atoms with Crippen LogP contribution in [0.5, 0.6) is 0 Å². The van der Waals surface area contributed by atoms with Crippen molar-refractivity contribution in [1.82, 2.24) is 4.98 Å². The number of nitrogens with zero attached hydrogens (tertiary/aromatic N) is 2. The van der Waals surface area contributed by atoms with Crippen LogP contribution in [0.25, 0.3) is 10.9 Å². The van der Waals surface area contributed by atoms with Gasteiger partial charge in [-0.2, -0.15) is 0 Å². The summed E-state index contributed by atoms with van der Waals surface area (Å²) in [5, 5.41) is 14.2. The van der Waals surface area contributed by atoms with Gasteiger partial charge in [0.05, 0.1) is 23.2 Å². The molecule has 0 radical (unpaired) electrons. The van der Waals surface area contributed by atoms with Crippen molar-refractivity contribution in [3.8, 4) is 0 Å². The van der Waals surface area contributed by atoms with Crippen molar-refractivity contribution in [2.24, 2.45) is 0 Å². The molecule has 2 heterocycles. The monoisotopic (exact) mass is 403 g/mol. The molecule has 1 aliphatic heterocycles. The molecule has 1 amide bonds. The molecule has 4 rings (SSSR count). The second-order valence-corrected chi connectivity index (χ2v) is 8.01. The van der Waals surface area contributed by atoms with E-state index >= 15 is 0 Å². The van der Waals surface area contributed by atoms with Crippen LogP contribution in [0, 0.1) is 0 Å². The third-order valence-corrected chi connectivity index (χ3v) is 5.99. The van der Waals surface area contributed by atoms with E-state index in [1.54, 1.807) is 0 Å². The van der Waals surface area contributed by atoms with Crippen LogP contribution in [-0.4, -0.2) is 34.7 Å². The van der Waals surface area contributed by atoms with Gasteiger partial charge in [-0.1, -0.05) is 43.3 Å². The predicted octanol–water partition coefficient (Wildman–Crippen LogP) is 4.79. The fraction of sp³-hybridized carbons (Fsp3) is 0.360. The summed E-state index contributed by atoms with van der Waals surface area (Å²) < 4.78 is 0. The van der Waals surface area contributed by atoms with E-state index in [1.165, 1.54) is 0 Å². The van der Waals surface area contributed by atoms with Crippen molar-refractivity contribution in [3.63, 3.8) is 0 Å². The zero-order chi connectivity index (χ0) is 21.1. The van der Waals surface area contributed by atoms with E-state index < -0.39 is 6.10 Å². The Morgan fingerprint density at radius 1 is 1.20 bits per heavy atom. The molecule has 1 unspecified atom stereocenters. The fourth-order valence-corrected chi connectivity index (χ4v) is 4.38. The van der Waals surface area contributed by atoms with E-state index in [2.05, 4.69) is 17.1 Å². The fourth-order valence-electron chi connectivity index (χ4n) is 4.38. The number of nitrogens with one attached hydrogen (secondary N) is 1. The molecule has 0 saturated carbocycles. The van der Waals surface area contributed by atoms with Crippen LogP contribution < -0.4 is 10.2 Å². The van der Waals surface area contributed by atoms with Crippen LogP contribution in [-0.2, 0) is 6.42 Å². The molecular weight excluding hydrogens is 374 g/mol. The minimum atomic E-state index is -0.452.